The van der Waals surface area contributed by atoms with Gasteiger partial charge in [-0.3, -0.25) is 4.90 Å². The molecule has 6 nitrogen and oxygen atoms in total. The van der Waals surface area contributed by atoms with Crippen LogP contribution in [0.1, 0.15) is 12.8 Å². The van der Waals surface area contributed by atoms with Gasteiger partial charge in [0.1, 0.15) is 6.04 Å². The van der Waals surface area contributed by atoms with Crippen LogP contribution in [-0.4, -0.2) is 57.6 Å². The van der Waals surface area contributed by atoms with Crippen molar-refractivity contribution in [3.05, 3.63) is 0 Å². The monoisotopic (exact) mass is 261 g/mol. The Labute approximate surface area is 103 Å². The van der Waals surface area contributed by atoms with Gasteiger partial charge in [0, 0.05) is 19.0 Å². The van der Waals surface area contributed by atoms with E-state index in [-0.39, 0.29) is 11.3 Å². The Morgan fingerprint density at radius 2 is 1.88 bits per heavy atom. The van der Waals surface area contributed by atoms with Gasteiger partial charge in [-0.25, -0.2) is 9.59 Å². The Bertz CT molecular complexity index is 318. The summed E-state index contributed by atoms with van der Waals surface area (Å²) >= 11 is 1.43. The minimum absolute atomic E-state index is 0.203. The molecule has 2 aliphatic heterocycles. The minimum atomic E-state index is -1.14. The Balaban J connectivity index is 2.11. The number of hydrogen-bond acceptors (Lipinski definition) is 4. The second-order valence-corrected chi connectivity index (χ2v) is 5.37. The zero-order valence-electron chi connectivity index (χ0n) is 9.24. The van der Waals surface area contributed by atoms with E-state index in [1.807, 2.05) is 0 Å². The van der Waals surface area contributed by atoms with Crippen LogP contribution in [0.15, 0.2) is 0 Å². The molecule has 17 heavy (non-hydrogen) atoms. The number of aliphatic carboxylic acids is 1. The predicted molar refractivity (Wildman–Crippen MR) is 61.1 cm³/mol. The number of carbonyl (C=O) groups is 2. The third-order valence-corrected chi connectivity index (χ3v) is 4.67. The van der Waals surface area contributed by atoms with E-state index in [1.54, 1.807) is 0 Å². The Morgan fingerprint density at radius 1 is 1.24 bits per heavy atom. The Kier molecular flexibility index (Phi) is 3.78. The van der Waals surface area contributed by atoms with Gasteiger partial charge >= 0.3 is 12.1 Å². The SMILES string of the molecule is O=C(O)C1CS[C@H](C2CCOCC2)N1C(=O)O. The van der Waals surface area contributed by atoms with Crippen molar-refractivity contribution in [2.24, 2.45) is 5.92 Å². The van der Waals surface area contributed by atoms with Crippen LogP contribution in [-0.2, 0) is 9.53 Å². The average molecular weight is 261 g/mol. The van der Waals surface area contributed by atoms with Gasteiger partial charge < -0.3 is 14.9 Å². The van der Waals surface area contributed by atoms with Crippen LogP contribution in [0, 0.1) is 5.92 Å². The van der Waals surface area contributed by atoms with Gasteiger partial charge in [0.15, 0.2) is 0 Å². The van der Waals surface area contributed by atoms with Crippen LogP contribution in [0.4, 0.5) is 4.79 Å². The first-order chi connectivity index (χ1) is 8.11. The summed E-state index contributed by atoms with van der Waals surface area (Å²) in [7, 11) is 0. The highest BCUT2D eigenvalue weighted by atomic mass is 32.2. The maximum absolute atomic E-state index is 11.2. The number of hydrogen-bond donors (Lipinski definition) is 2. The van der Waals surface area contributed by atoms with Gasteiger partial charge in [0.05, 0.1) is 5.37 Å². The van der Waals surface area contributed by atoms with Crippen LogP contribution >= 0.6 is 11.8 Å². The van der Waals surface area contributed by atoms with Crippen molar-refractivity contribution in [3.63, 3.8) is 0 Å². The molecular formula is C10H15NO5S. The maximum Gasteiger partial charge on any atom is 0.408 e. The summed E-state index contributed by atoms with van der Waals surface area (Å²) in [4.78, 5) is 23.3. The third kappa shape index (κ3) is 2.50. The van der Waals surface area contributed by atoms with Crippen LogP contribution in [0.25, 0.3) is 0 Å². The summed E-state index contributed by atoms with van der Waals surface area (Å²) in [6.45, 7) is 1.26. The Hall–Kier alpha value is -0.950. The second-order valence-electron chi connectivity index (χ2n) is 4.22. The molecule has 0 bridgehead atoms. The number of amides is 1. The lowest BCUT2D eigenvalue weighted by molar-refractivity contribution is -0.141. The largest absolute Gasteiger partial charge is 0.480 e. The van der Waals surface area contributed by atoms with E-state index in [2.05, 4.69) is 0 Å². The smallest absolute Gasteiger partial charge is 0.408 e. The van der Waals surface area contributed by atoms with Crippen molar-refractivity contribution in [1.29, 1.82) is 0 Å². The molecule has 0 aromatic carbocycles. The Morgan fingerprint density at radius 3 is 2.41 bits per heavy atom. The van der Waals surface area contributed by atoms with Crippen molar-refractivity contribution < 1.29 is 24.5 Å². The number of nitrogens with zero attached hydrogens (tertiary/aromatic N) is 1. The molecule has 0 aromatic rings. The zero-order chi connectivity index (χ0) is 12.4. The van der Waals surface area contributed by atoms with Crippen molar-refractivity contribution in [2.75, 3.05) is 19.0 Å². The molecule has 2 heterocycles. The minimum Gasteiger partial charge on any atom is -0.480 e. The lowest BCUT2D eigenvalue weighted by Crippen LogP contribution is -2.47. The maximum atomic E-state index is 11.2. The van der Waals surface area contributed by atoms with E-state index in [9.17, 15) is 9.59 Å². The fourth-order valence-corrected chi connectivity index (χ4v) is 3.95. The predicted octanol–water partition coefficient (Wildman–Crippen LogP) is 0.919. The zero-order valence-corrected chi connectivity index (χ0v) is 10.1. The molecule has 2 N–H and O–H groups in total. The van der Waals surface area contributed by atoms with Gasteiger partial charge in [-0.15, -0.1) is 11.8 Å². The molecule has 2 aliphatic rings. The lowest BCUT2D eigenvalue weighted by Gasteiger charge is -2.32. The number of carboxylic acid groups (broad SMARTS) is 2. The summed E-state index contributed by atoms with van der Waals surface area (Å²) < 4.78 is 5.24. The van der Waals surface area contributed by atoms with E-state index >= 15 is 0 Å². The first-order valence-corrected chi connectivity index (χ1v) is 6.59. The van der Waals surface area contributed by atoms with Gasteiger partial charge in [-0.05, 0) is 18.8 Å². The van der Waals surface area contributed by atoms with Crippen LogP contribution < -0.4 is 0 Å². The summed E-state index contributed by atoms with van der Waals surface area (Å²) in [5, 5.41) is 17.9. The molecule has 2 saturated heterocycles. The summed E-state index contributed by atoms with van der Waals surface area (Å²) in [5.74, 6) is -0.521. The molecular weight excluding hydrogens is 246 g/mol. The van der Waals surface area contributed by atoms with Gasteiger partial charge in [0.25, 0.3) is 0 Å². The molecule has 0 saturated carbocycles. The lowest BCUT2D eigenvalue weighted by atomic mass is 9.99. The fraction of sp³-hybridized carbons (Fsp3) is 0.800. The summed E-state index contributed by atoms with van der Waals surface area (Å²) in [5.41, 5.74) is 0. The normalized spacial score (nSPS) is 30.5. The average Bonchev–Trinajstić information content (AvgIpc) is 2.74. The van der Waals surface area contributed by atoms with E-state index in [0.29, 0.717) is 19.0 Å². The van der Waals surface area contributed by atoms with Gasteiger partial charge in [-0.1, -0.05) is 0 Å². The molecule has 0 aromatic heterocycles. The number of thioether (sulfide) groups is 1. The van der Waals surface area contributed by atoms with Crippen LogP contribution in [0.2, 0.25) is 0 Å². The van der Waals surface area contributed by atoms with Crippen LogP contribution in [0.5, 0.6) is 0 Å². The molecule has 0 radical (unpaired) electrons. The second kappa shape index (κ2) is 5.14. The van der Waals surface area contributed by atoms with E-state index in [0.717, 1.165) is 17.7 Å². The van der Waals surface area contributed by atoms with E-state index in [1.165, 1.54) is 11.8 Å². The molecule has 2 rings (SSSR count). The van der Waals surface area contributed by atoms with E-state index in [4.69, 9.17) is 14.9 Å². The first-order valence-electron chi connectivity index (χ1n) is 5.54. The van der Waals surface area contributed by atoms with Crippen molar-refractivity contribution in [1.82, 2.24) is 4.90 Å². The first kappa shape index (κ1) is 12.5. The van der Waals surface area contributed by atoms with Gasteiger partial charge in [-0.2, -0.15) is 0 Å². The molecule has 2 fully saturated rings. The standard InChI is InChI=1S/C10H15NO5S/c12-9(13)7-5-17-8(11(7)10(14)15)6-1-3-16-4-2-6/h6-8H,1-5H2,(H,12,13)(H,14,15)/t7?,8-/m1/s1. The molecule has 2 atom stereocenters. The number of ether oxygens (including phenoxy) is 1. The fourth-order valence-electron chi connectivity index (χ4n) is 2.32. The highest BCUT2D eigenvalue weighted by Gasteiger charge is 2.45. The van der Waals surface area contributed by atoms with E-state index < -0.39 is 18.1 Å². The van der Waals surface area contributed by atoms with Crippen molar-refractivity contribution in [2.45, 2.75) is 24.3 Å². The van der Waals surface area contributed by atoms with Crippen molar-refractivity contribution in [3.8, 4) is 0 Å². The molecule has 0 spiro atoms. The summed E-state index contributed by atoms with van der Waals surface area (Å²) in [6.07, 6.45) is 0.459. The molecule has 1 unspecified atom stereocenters. The molecule has 7 heteroatoms. The molecule has 0 aliphatic carbocycles. The quantitative estimate of drug-likeness (QED) is 0.768. The number of carboxylic acids is 1. The summed E-state index contributed by atoms with van der Waals surface area (Å²) in [6, 6.07) is -0.912. The highest BCUT2D eigenvalue weighted by Crippen LogP contribution is 2.38. The molecule has 1 amide bonds. The third-order valence-electron chi connectivity index (χ3n) is 3.21. The van der Waals surface area contributed by atoms with Crippen LogP contribution in [0.3, 0.4) is 0 Å². The number of rotatable bonds is 2. The highest BCUT2D eigenvalue weighted by molar-refractivity contribution is 8.00. The van der Waals surface area contributed by atoms with Crippen molar-refractivity contribution >= 4 is 23.8 Å². The molecule has 96 valence electrons. The van der Waals surface area contributed by atoms with Gasteiger partial charge in [0.2, 0.25) is 0 Å². The topological polar surface area (TPSA) is 87.1 Å².